The lowest BCUT2D eigenvalue weighted by molar-refractivity contribution is -0.384. The van der Waals surface area contributed by atoms with Crippen LogP contribution < -0.4 is 10.5 Å². The Labute approximate surface area is 167 Å². The van der Waals surface area contributed by atoms with Crippen molar-refractivity contribution < 1.29 is 9.72 Å². The number of benzene rings is 2. The molecule has 0 aliphatic carbocycles. The quantitative estimate of drug-likeness (QED) is 0.506. The van der Waals surface area contributed by atoms with Crippen molar-refractivity contribution in [2.75, 3.05) is 4.90 Å². The predicted molar refractivity (Wildman–Crippen MR) is 109 cm³/mol. The van der Waals surface area contributed by atoms with E-state index in [1.165, 1.54) is 35.0 Å². The van der Waals surface area contributed by atoms with E-state index < -0.39 is 4.92 Å². The van der Waals surface area contributed by atoms with Gasteiger partial charge in [-0.2, -0.15) is 0 Å². The van der Waals surface area contributed by atoms with Gasteiger partial charge in [0.15, 0.2) is 0 Å². The average Bonchev–Trinajstić information content (AvgIpc) is 3.05. The van der Waals surface area contributed by atoms with Gasteiger partial charge in [0.25, 0.3) is 17.2 Å². The van der Waals surface area contributed by atoms with Crippen molar-refractivity contribution in [1.29, 1.82) is 0 Å². The van der Waals surface area contributed by atoms with Gasteiger partial charge in [0.1, 0.15) is 0 Å². The topological polar surface area (TPSA) is 85.5 Å². The Morgan fingerprint density at radius 1 is 1.14 bits per heavy atom. The highest BCUT2D eigenvalue weighted by Crippen LogP contribution is 2.32. The highest BCUT2D eigenvalue weighted by Gasteiger charge is 2.31. The summed E-state index contributed by atoms with van der Waals surface area (Å²) < 4.78 is 1.40. The zero-order valence-electron chi connectivity index (χ0n) is 15.8. The molecule has 1 aliphatic heterocycles. The second-order valence-electron chi connectivity index (χ2n) is 7.17. The number of rotatable bonds is 4. The fraction of sp³-hybridized carbons (Fsp3) is 0.182. The Hall–Kier alpha value is -3.74. The molecule has 1 atom stereocenters. The van der Waals surface area contributed by atoms with Crippen molar-refractivity contribution in [3.05, 3.63) is 104 Å². The maximum Gasteiger partial charge on any atom is 0.269 e. The van der Waals surface area contributed by atoms with E-state index in [2.05, 4.69) is 0 Å². The van der Waals surface area contributed by atoms with E-state index in [4.69, 9.17) is 0 Å². The normalized spacial score (nSPS) is 15.2. The van der Waals surface area contributed by atoms with Gasteiger partial charge >= 0.3 is 0 Å². The van der Waals surface area contributed by atoms with E-state index in [9.17, 15) is 19.7 Å². The first kappa shape index (κ1) is 18.6. The molecular weight excluding hydrogens is 370 g/mol. The van der Waals surface area contributed by atoms with Crippen LogP contribution in [0.2, 0.25) is 0 Å². The molecule has 7 heteroatoms. The van der Waals surface area contributed by atoms with Gasteiger partial charge < -0.3 is 9.47 Å². The molecule has 146 valence electrons. The van der Waals surface area contributed by atoms with Crippen LogP contribution in [0.5, 0.6) is 0 Å². The molecule has 0 bridgehead atoms. The first-order valence-electron chi connectivity index (χ1n) is 9.29. The minimum Gasteiger partial charge on any atom is -0.310 e. The number of hydrogen-bond donors (Lipinski definition) is 0. The second-order valence-corrected chi connectivity index (χ2v) is 7.17. The maximum atomic E-state index is 13.2. The van der Waals surface area contributed by atoms with Gasteiger partial charge in [-0.05, 0) is 36.6 Å². The molecule has 0 saturated heterocycles. The molecule has 0 spiro atoms. The fourth-order valence-electron chi connectivity index (χ4n) is 3.76. The third-order valence-electron chi connectivity index (χ3n) is 5.13. The average molecular weight is 389 g/mol. The summed E-state index contributed by atoms with van der Waals surface area (Å²) in [6.45, 7) is 2.14. The molecule has 1 aromatic heterocycles. The van der Waals surface area contributed by atoms with Gasteiger partial charge in [0.2, 0.25) is 0 Å². The van der Waals surface area contributed by atoms with E-state index in [0.29, 0.717) is 11.1 Å². The monoisotopic (exact) mass is 389 g/mol. The van der Waals surface area contributed by atoms with Gasteiger partial charge in [0.05, 0.1) is 17.0 Å². The predicted octanol–water partition coefficient (Wildman–Crippen LogP) is 3.40. The Morgan fingerprint density at radius 2 is 1.93 bits per heavy atom. The lowest BCUT2D eigenvalue weighted by atomic mass is 10.1. The number of nitro groups is 1. The number of aromatic nitrogens is 1. The Bertz CT molecular complexity index is 1170. The molecule has 0 N–H and O–H groups in total. The number of carbonyl (C=O) groups is 1. The van der Waals surface area contributed by atoms with Crippen LogP contribution in [0, 0.1) is 10.1 Å². The largest absolute Gasteiger partial charge is 0.310 e. The van der Waals surface area contributed by atoms with E-state index in [1.54, 1.807) is 17.0 Å². The van der Waals surface area contributed by atoms with Gasteiger partial charge in [-0.15, -0.1) is 0 Å². The summed E-state index contributed by atoms with van der Waals surface area (Å²) in [5.41, 5.74) is 2.72. The molecule has 0 unspecified atom stereocenters. The lowest BCUT2D eigenvalue weighted by Gasteiger charge is -2.23. The number of hydrogen-bond acceptors (Lipinski definition) is 4. The van der Waals surface area contributed by atoms with E-state index in [0.717, 1.165) is 17.7 Å². The third-order valence-corrected chi connectivity index (χ3v) is 5.13. The van der Waals surface area contributed by atoms with Crippen molar-refractivity contribution in [1.82, 2.24) is 4.57 Å². The first-order chi connectivity index (χ1) is 13.9. The Morgan fingerprint density at radius 3 is 2.72 bits per heavy atom. The van der Waals surface area contributed by atoms with E-state index in [-0.39, 0.29) is 29.7 Å². The number of nitrogens with zero attached hydrogens (tertiary/aromatic N) is 3. The SMILES string of the molecule is C[C@H]1Cc2ccccc2N1C(=O)c1ccc(=O)n(Cc2cccc([N+](=O)[O-])c2)c1. The van der Waals surface area contributed by atoms with Crippen LogP contribution in [0.4, 0.5) is 11.4 Å². The number of non-ortho nitro benzene ring substituents is 1. The van der Waals surface area contributed by atoms with Crippen molar-refractivity contribution in [3.8, 4) is 0 Å². The van der Waals surface area contributed by atoms with Crippen LogP contribution in [0.15, 0.2) is 71.7 Å². The summed E-state index contributed by atoms with van der Waals surface area (Å²) in [5, 5.41) is 11.0. The molecule has 1 aliphatic rings. The molecule has 0 radical (unpaired) electrons. The van der Waals surface area contributed by atoms with Crippen LogP contribution in [0.3, 0.4) is 0 Å². The molecule has 2 heterocycles. The zero-order valence-corrected chi connectivity index (χ0v) is 15.8. The highest BCUT2D eigenvalue weighted by atomic mass is 16.6. The summed E-state index contributed by atoms with van der Waals surface area (Å²) in [4.78, 5) is 37.8. The number of fused-ring (bicyclic) bond motifs is 1. The van der Waals surface area contributed by atoms with Crippen molar-refractivity contribution in [3.63, 3.8) is 0 Å². The fourth-order valence-corrected chi connectivity index (χ4v) is 3.76. The Balaban J connectivity index is 1.65. The first-order valence-corrected chi connectivity index (χ1v) is 9.29. The molecule has 3 aromatic rings. The molecule has 2 aromatic carbocycles. The summed E-state index contributed by atoms with van der Waals surface area (Å²) in [6, 6.07) is 16.8. The standard InChI is InChI=1S/C22H19N3O4/c1-15-11-17-6-2-3-8-20(17)24(15)22(27)18-9-10-21(26)23(14-18)13-16-5-4-7-19(12-16)25(28)29/h2-10,12,14-15H,11,13H2,1H3/t15-/m0/s1. The second kappa shape index (κ2) is 7.35. The van der Waals surface area contributed by atoms with Gasteiger partial charge in [-0.3, -0.25) is 19.7 Å². The molecule has 4 rings (SSSR count). The molecule has 7 nitrogen and oxygen atoms in total. The van der Waals surface area contributed by atoms with Crippen LogP contribution in [-0.4, -0.2) is 21.4 Å². The van der Waals surface area contributed by atoms with E-state index >= 15 is 0 Å². The summed E-state index contributed by atoms with van der Waals surface area (Å²) in [7, 11) is 0. The van der Waals surface area contributed by atoms with Gasteiger partial charge in [-0.1, -0.05) is 30.3 Å². The number of pyridine rings is 1. The number of para-hydroxylation sites is 1. The zero-order chi connectivity index (χ0) is 20.5. The summed E-state index contributed by atoms with van der Waals surface area (Å²) in [6.07, 6.45) is 2.31. The third kappa shape index (κ3) is 3.54. The number of anilines is 1. The number of nitro benzene ring substituents is 1. The van der Waals surface area contributed by atoms with E-state index in [1.807, 2.05) is 31.2 Å². The van der Waals surface area contributed by atoms with Crippen molar-refractivity contribution in [2.24, 2.45) is 0 Å². The van der Waals surface area contributed by atoms with Crippen LogP contribution in [0.25, 0.3) is 0 Å². The summed E-state index contributed by atoms with van der Waals surface area (Å²) >= 11 is 0. The van der Waals surface area contributed by atoms with Gasteiger partial charge in [-0.25, -0.2) is 0 Å². The lowest BCUT2D eigenvalue weighted by Crippen LogP contribution is -2.36. The molecular formula is C22H19N3O4. The number of amides is 1. The smallest absolute Gasteiger partial charge is 0.269 e. The summed E-state index contributed by atoms with van der Waals surface area (Å²) in [5.74, 6) is -0.171. The van der Waals surface area contributed by atoms with Crippen molar-refractivity contribution in [2.45, 2.75) is 25.9 Å². The molecule has 0 saturated carbocycles. The number of carbonyl (C=O) groups excluding carboxylic acids is 1. The molecule has 0 fully saturated rings. The van der Waals surface area contributed by atoms with Crippen LogP contribution in [-0.2, 0) is 13.0 Å². The maximum absolute atomic E-state index is 13.2. The van der Waals surface area contributed by atoms with Crippen LogP contribution >= 0.6 is 0 Å². The highest BCUT2D eigenvalue weighted by molar-refractivity contribution is 6.07. The molecule has 1 amide bonds. The Kier molecular flexibility index (Phi) is 4.72. The minimum absolute atomic E-state index is 0.0250. The molecule has 29 heavy (non-hydrogen) atoms. The van der Waals surface area contributed by atoms with Gasteiger partial charge in [0, 0.05) is 36.1 Å². The van der Waals surface area contributed by atoms with Crippen LogP contribution in [0.1, 0.15) is 28.4 Å². The minimum atomic E-state index is -0.474. The van der Waals surface area contributed by atoms with Crippen molar-refractivity contribution >= 4 is 17.3 Å².